The second-order valence-corrected chi connectivity index (χ2v) is 6.14. The standard InChI is InChI=1S/C19H19N3O/c23-19-12-16(20-18-8-4-5-11-22(18)19)14-21(17-9-10-17)13-15-6-2-1-3-7-15/h1-8,11-12,17H,9-10,13-14H2. The van der Waals surface area contributed by atoms with E-state index in [1.165, 1.54) is 18.4 Å². The maximum absolute atomic E-state index is 12.2. The molecule has 0 unspecified atom stereocenters. The predicted molar refractivity (Wildman–Crippen MR) is 90.2 cm³/mol. The molecule has 1 aliphatic carbocycles. The number of pyridine rings is 1. The molecule has 0 aliphatic heterocycles. The second kappa shape index (κ2) is 5.97. The van der Waals surface area contributed by atoms with Gasteiger partial charge in [0.25, 0.3) is 5.56 Å². The zero-order valence-corrected chi connectivity index (χ0v) is 12.9. The monoisotopic (exact) mass is 305 g/mol. The van der Waals surface area contributed by atoms with Gasteiger partial charge in [0.15, 0.2) is 0 Å². The molecule has 1 fully saturated rings. The van der Waals surface area contributed by atoms with Crippen molar-refractivity contribution in [2.24, 2.45) is 0 Å². The lowest BCUT2D eigenvalue weighted by Gasteiger charge is -2.21. The number of benzene rings is 1. The lowest BCUT2D eigenvalue weighted by Crippen LogP contribution is -2.27. The number of rotatable bonds is 5. The summed E-state index contributed by atoms with van der Waals surface area (Å²) in [6.07, 6.45) is 4.23. The van der Waals surface area contributed by atoms with Crippen LogP contribution in [0.2, 0.25) is 0 Å². The molecule has 0 spiro atoms. The minimum absolute atomic E-state index is 0.0129. The van der Waals surface area contributed by atoms with Crippen LogP contribution in [-0.2, 0) is 13.1 Å². The van der Waals surface area contributed by atoms with Crippen molar-refractivity contribution in [2.75, 3.05) is 0 Å². The van der Waals surface area contributed by atoms with Crippen LogP contribution in [-0.4, -0.2) is 20.3 Å². The number of nitrogens with zero attached hydrogens (tertiary/aromatic N) is 3. The first kappa shape index (κ1) is 14.2. The van der Waals surface area contributed by atoms with E-state index in [9.17, 15) is 4.79 Å². The summed E-state index contributed by atoms with van der Waals surface area (Å²) >= 11 is 0. The average Bonchev–Trinajstić information content (AvgIpc) is 3.40. The molecule has 0 amide bonds. The molecular formula is C19H19N3O. The minimum atomic E-state index is -0.0129. The summed E-state index contributed by atoms with van der Waals surface area (Å²) in [5, 5.41) is 0. The van der Waals surface area contributed by atoms with Crippen molar-refractivity contribution < 1.29 is 0 Å². The minimum Gasteiger partial charge on any atom is -0.290 e. The van der Waals surface area contributed by atoms with Crippen molar-refractivity contribution in [1.82, 2.24) is 14.3 Å². The Labute approximate surface area is 135 Å². The smallest absolute Gasteiger partial charge is 0.258 e. The largest absolute Gasteiger partial charge is 0.290 e. The fourth-order valence-electron chi connectivity index (χ4n) is 2.96. The van der Waals surface area contributed by atoms with E-state index in [0.717, 1.165) is 18.8 Å². The van der Waals surface area contributed by atoms with Gasteiger partial charge in [-0.3, -0.25) is 14.1 Å². The van der Waals surface area contributed by atoms with E-state index in [0.29, 0.717) is 11.7 Å². The van der Waals surface area contributed by atoms with Crippen LogP contribution in [0.1, 0.15) is 24.1 Å². The summed E-state index contributed by atoms with van der Waals surface area (Å²) in [5.74, 6) is 0. The highest BCUT2D eigenvalue weighted by atomic mass is 16.1. The quantitative estimate of drug-likeness (QED) is 0.727. The van der Waals surface area contributed by atoms with Crippen molar-refractivity contribution >= 4 is 5.65 Å². The van der Waals surface area contributed by atoms with Crippen LogP contribution in [0, 0.1) is 0 Å². The molecule has 2 aromatic heterocycles. The summed E-state index contributed by atoms with van der Waals surface area (Å²) < 4.78 is 1.59. The Morgan fingerprint density at radius 1 is 1.04 bits per heavy atom. The number of hydrogen-bond donors (Lipinski definition) is 0. The molecule has 1 aromatic carbocycles. The fraction of sp³-hybridized carbons (Fsp3) is 0.263. The van der Waals surface area contributed by atoms with Crippen molar-refractivity contribution in [3.05, 3.63) is 82.4 Å². The maximum Gasteiger partial charge on any atom is 0.258 e. The summed E-state index contributed by atoms with van der Waals surface area (Å²) in [7, 11) is 0. The molecule has 0 saturated heterocycles. The molecule has 4 rings (SSSR count). The first-order chi connectivity index (χ1) is 11.3. The lowest BCUT2D eigenvalue weighted by atomic mass is 10.2. The maximum atomic E-state index is 12.2. The third-order valence-electron chi connectivity index (χ3n) is 4.28. The highest BCUT2D eigenvalue weighted by Crippen LogP contribution is 2.29. The van der Waals surface area contributed by atoms with Crippen molar-refractivity contribution in [1.29, 1.82) is 0 Å². The summed E-state index contributed by atoms with van der Waals surface area (Å²) in [6.45, 7) is 1.63. The van der Waals surface area contributed by atoms with Crippen LogP contribution in [0.3, 0.4) is 0 Å². The molecule has 0 bridgehead atoms. The Kier molecular flexibility index (Phi) is 3.67. The van der Waals surface area contributed by atoms with Gasteiger partial charge in [-0.1, -0.05) is 36.4 Å². The van der Waals surface area contributed by atoms with E-state index in [1.807, 2.05) is 24.3 Å². The van der Waals surface area contributed by atoms with Crippen LogP contribution in [0.5, 0.6) is 0 Å². The molecule has 0 N–H and O–H groups in total. The normalized spacial score (nSPS) is 14.5. The van der Waals surface area contributed by atoms with Crippen LogP contribution in [0.25, 0.3) is 5.65 Å². The molecule has 4 nitrogen and oxygen atoms in total. The van der Waals surface area contributed by atoms with Gasteiger partial charge in [-0.05, 0) is 30.5 Å². The zero-order chi connectivity index (χ0) is 15.6. The van der Waals surface area contributed by atoms with E-state index in [2.05, 4.69) is 34.1 Å². The Morgan fingerprint density at radius 3 is 2.61 bits per heavy atom. The van der Waals surface area contributed by atoms with Gasteiger partial charge in [0.2, 0.25) is 0 Å². The SMILES string of the molecule is O=c1cc(CN(Cc2ccccc2)C2CC2)nc2ccccn12. The third-order valence-corrected chi connectivity index (χ3v) is 4.28. The molecule has 2 heterocycles. The Morgan fingerprint density at radius 2 is 1.83 bits per heavy atom. The fourth-order valence-corrected chi connectivity index (χ4v) is 2.96. The van der Waals surface area contributed by atoms with Gasteiger partial charge >= 0.3 is 0 Å². The average molecular weight is 305 g/mol. The van der Waals surface area contributed by atoms with Crippen LogP contribution in [0.4, 0.5) is 0 Å². The lowest BCUT2D eigenvalue weighted by molar-refractivity contribution is 0.243. The summed E-state index contributed by atoms with van der Waals surface area (Å²) in [4.78, 5) is 19.3. The van der Waals surface area contributed by atoms with E-state index in [-0.39, 0.29) is 5.56 Å². The Balaban J connectivity index is 1.61. The molecule has 1 aliphatic rings. The van der Waals surface area contributed by atoms with Gasteiger partial charge in [0.05, 0.1) is 5.69 Å². The molecule has 4 heteroatoms. The molecule has 1 saturated carbocycles. The van der Waals surface area contributed by atoms with Crippen molar-refractivity contribution in [3.63, 3.8) is 0 Å². The number of hydrogen-bond acceptors (Lipinski definition) is 3. The van der Waals surface area contributed by atoms with Crippen LogP contribution >= 0.6 is 0 Å². The molecule has 23 heavy (non-hydrogen) atoms. The van der Waals surface area contributed by atoms with Gasteiger partial charge < -0.3 is 0 Å². The highest BCUT2D eigenvalue weighted by Gasteiger charge is 2.29. The topological polar surface area (TPSA) is 37.6 Å². The van der Waals surface area contributed by atoms with Gasteiger partial charge in [-0.15, -0.1) is 0 Å². The van der Waals surface area contributed by atoms with Gasteiger partial charge in [-0.25, -0.2) is 4.98 Å². The Bertz CT molecular complexity index is 868. The van der Waals surface area contributed by atoms with Crippen LogP contribution < -0.4 is 5.56 Å². The third kappa shape index (κ3) is 3.17. The first-order valence-corrected chi connectivity index (χ1v) is 8.05. The molecule has 0 radical (unpaired) electrons. The van der Waals surface area contributed by atoms with Crippen LogP contribution in [0.15, 0.2) is 65.6 Å². The van der Waals surface area contributed by atoms with E-state index in [1.54, 1.807) is 16.7 Å². The molecular weight excluding hydrogens is 286 g/mol. The highest BCUT2D eigenvalue weighted by molar-refractivity contribution is 5.38. The zero-order valence-electron chi connectivity index (χ0n) is 12.9. The number of aromatic nitrogens is 2. The second-order valence-electron chi connectivity index (χ2n) is 6.14. The van der Waals surface area contributed by atoms with Gasteiger partial charge in [0, 0.05) is 31.4 Å². The predicted octanol–water partition coefficient (Wildman–Crippen LogP) is 2.86. The molecule has 116 valence electrons. The van der Waals surface area contributed by atoms with Crippen molar-refractivity contribution in [2.45, 2.75) is 32.0 Å². The molecule has 0 atom stereocenters. The van der Waals surface area contributed by atoms with E-state index < -0.39 is 0 Å². The van der Waals surface area contributed by atoms with E-state index >= 15 is 0 Å². The summed E-state index contributed by atoms with van der Waals surface area (Å²) in [5.41, 5.74) is 2.85. The Hall–Kier alpha value is -2.46. The first-order valence-electron chi connectivity index (χ1n) is 8.05. The van der Waals surface area contributed by atoms with Gasteiger partial charge in [0.1, 0.15) is 5.65 Å². The summed E-state index contributed by atoms with van der Waals surface area (Å²) in [6, 6.07) is 18.4. The van der Waals surface area contributed by atoms with E-state index in [4.69, 9.17) is 0 Å². The van der Waals surface area contributed by atoms with Crippen molar-refractivity contribution in [3.8, 4) is 0 Å². The van der Waals surface area contributed by atoms with Gasteiger partial charge in [-0.2, -0.15) is 0 Å². The number of fused-ring (bicyclic) bond motifs is 1. The molecule has 3 aromatic rings.